The number of likely N-dealkylation sites (tertiary alicyclic amines) is 1. The van der Waals surface area contributed by atoms with E-state index < -0.39 is 0 Å². The molecular formula is C21H34N4O3. The zero-order valence-corrected chi connectivity index (χ0v) is 17.7. The predicted molar refractivity (Wildman–Crippen MR) is 108 cm³/mol. The number of morpholine rings is 1. The molecule has 2 aliphatic rings. The molecule has 3 rings (SSSR count). The molecular weight excluding hydrogens is 356 g/mol. The molecule has 2 fully saturated rings. The molecule has 156 valence electrons. The minimum Gasteiger partial charge on any atom is -0.373 e. The van der Waals surface area contributed by atoms with Crippen molar-refractivity contribution in [1.82, 2.24) is 19.6 Å². The molecule has 1 aromatic rings. The van der Waals surface area contributed by atoms with Crippen molar-refractivity contribution in [2.45, 2.75) is 58.6 Å². The van der Waals surface area contributed by atoms with E-state index in [1.807, 2.05) is 11.0 Å². The van der Waals surface area contributed by atoms with Crippen molar-refractivity contribution in [2.24, 2.45) is 5.92 Å². The van der Waals surface area contributed by atoms with Crippen LogP contribution in [0.4, 0.5) is 0 Å². The molecule has 0 spiro atoms. The molecule has 3 heterocycles. The average molecular weight is 391 g/mol. The third-order valence-corrected chi connectivity index (χ3v) is 5.82. The summed E-state index contributed by atoms with van der Waals surface area (Å²) in [7, 11) is 0. The van der Waals surface area contributed by atoms with E-state index in [-0.39, 0.29) is 23.0 Å². The molecule has 2 saturated heterocycles. The van der Waals surface area contributed by atoms with Gasteiger partial charge in [-0.2, -0.15) is 5.10 Å². The van der Waals surface area contributed by atoms with E-state index in [4.69, 9.17) is 4.74 Å². The van der Waals surface area contributed by atoms with Crippen LogP contribution in [0.1, 0.15) is 46.2 Å². The van der Waals surface area contributed by atoms with Gasteiger partial charge in [-0.25, -0.2) is 4.68 Å². The van der Waals surface area contributed by atoms with Gasteiger partial charge in [0.05, 0.1) is 18.4 Å². The van der Waals surface area contributed by atoms with Crippen LogP contribution in [0.2, 0.25) is 0 Å². The molecule has 1 unspecified atom stereocenters. The van der Waals surface area contributed by atoms with Gasteiger partial charge in [0.15, 0.2) is 0 Å². The molecule has 0 aromatic carbocycles. The van der Waals surface area contributed by atoms with Gasteiger partial charge in [-0.3, -0.25) is 9.59 Å². The Morgan fingerprint density at radius 3 is 2.54 bits per heavy atom. The lowest BCUT2D eigenvalue weighted by molar-refractivity contribution is -0.137. The van der Waals surface area contributed by atoms with Crippen molar-refractivity contribution in [3.8, 4) is 0 Å². The predicted octanol–water partition coefficient (Wildman–Crippen LogP) is 1.50. The van der Waals surface area contributed by atoms with Crippen molar-refractivity contribution < 1.29 is 9.53 Å². The molecule has 1 atom stereocenters. The van der Waals surface area contributed by atoms with Gasteiger partial charge in [0.2, 0.25) is 5.91 Å². The van der Waals surface area contributed by atoms with Gasteiger partial charge in [-0.05, 0) is 37.9 Å². The number of hydrogen-bond donors (Lipinski definition) is 0. The average Bonchev–Trinajstić information content (AvgIpc) is 2.64. The van der Waals surface area contributed by atoms with Crippen LogP contribution < -0.4 is 5.56 Å². The van der Waals surface area contributed by atoms with Crippen molar-refractivity contribution in [3.05, 3.63) is 28.2 Å². The van der Waals surface area contributed by atoms with E-state index in [1.165, 1.54) is 0 Å². The Labute approximate surface area is 167 Å². The van der Waals surface area contributed by atoms with Crippen LogP contribution in [0.3, 0.4) is 0 Å². The highest BCUT2D eigenvalue weighted by atomic mass is 16.5. The lowest BCUT2D eigenvalue weighted by atomic mass is 9.92. The maximum absolute atomic E-state index is 12.2. The largest absolute Gasteiger partial charge is 0.373 e. The monoisotopic (exact) mass is 390 g/mol. The van der Waals surface area contributed by atoms with Crippen LogP contribution >= 0.6 is 0 Å². The van der Waals surface area contributed by atoms with Gasteiger partial charge >= 0.3 is 0 Å². The highest BCUT2D eigenvalue weighted by Crippen LogP contribution is 2.21. The van der Waals surface area contributed by atoms with Gasteiger partial charge in [0.1, 0.15) is 0 Å². The quantitative estimate of drug-likeness (QED) is 0.779. The second-order valence-electron chi connectivity index (χ2n) is 9.19. The zero-order valence-electron chi connectivity index (χ0n) is 17.7. The first kappa shape index (κ1) is 21.0. The first-order chi connectivity index (χ1) is 13.2. The van der Waals surface area contributed by atoms with Crippen molar-refractivity contribution in [1.29, 1.82) is 0 Å². The topological polar surface area (TPSA) is 67.7 Å². The number of carbonyl (C=O) groups is 1. The fourth-order valence-corrected chi connectivity index (χ4v) is 3.98. The van der Waals surface area contributed by atoms with E-state index >= 15 is 0 Å². The smallest absolute Gasteiger partial charge is 0.266 e. The molecule has 28 heavy (non-hydrogen) atoms. The minimum atomic E-state index is -0.0629. The van der Waals surface area contributed by atoms with Crippen LogP contribution in [0, 0.1) is 5.92 Å². The number of amides is 1. The first-order valence-electron chi connectivity index (χ1n) is 10.4. The summed E-state index contributed by atoms with van der Waals surface area (Å²) in [5, 5.41) is 4.61. The van der Waals surface area contributed by atoms with E-state index in [9.17, 15) is 9.59 Å². The lowest BCUT2D eigenvalue weighted by Gasteiger charge is -2.38. The Kier molecular flexibility index (Phi) is 6.55. The second kappa shape index (κ2) is 8.74. The SMILES string of the molecule is CC(=O)N1CCOC(CN2CCC(Cn3nc(C(C)(C)C)ccc3=O)CC2)C1. The van der Waals surface area contributed by atoms with Crippen LogP contribution in [0.5, 0.6) is 0 Å². The fraction of sp³-hybridized carbons (Fsp3) is 0.762. The Morgan fingerprint density at radius 2 is 1.89 bits per heavy atom. The number of nitrogens with zero attached hydrogens (tertiary/aromatic N) is 4. The lowest BCUT2D eigenvalue weighted by Crippen LogP contribution is -2.50. The maximum atomic E-state index is 12.2. The standard InChI is InChI=1S/C21H34N4O3/c1-16(26)24-11-12-28-18(15-24)14-23-9-7-17(8-10-23)13-25-20(27)6-5-19(22-25)21(2,3)4/h5-6,17-18H,7-15H2,1-4H3. The van der Waals surface area contributed by atoms with Gasteiger partial charge in [-0.15, -0.1) is 0 Å². The number of hydrogen-bond acceptors (Lipinski definition) is 5. The summed E-state index contributed by atoms with van der Waals surface area (Å²) in [4.78, 5) is 28.1. The molecule has 0 aliphatic carbocycles. The van der Waals surface area contributed by atoms with E-state index in [1.54, 1.807) is 17.7 Å². The van der Waals surface area contributed by atoms with E-state index in [2.05, 4.69) is 30.8 Å². The van der Waals surface area contributed by atoms with E-state index in [0.29, 0.717) is 32.2 Å². The summed E-state index contributed by atoms with van der Waals surface area (Å²) in [5.41, 5.74) is 0.872. The highest BCUT2D eigenvalue weighted by Gasteiger charge is 2.27. The third-order valence-electron chi connectivity index (χ3n) is 5.82. The highest BCUT2D eigenvalue weighted by molar-refractivity contribution is 5.73. The normalized spacial score (nSPS) is 22.4. The molecule has 7 nitrogen and oxygen atoms in total. The summed E-state index contributed by atoms with van der Waals surface area (Å²) < 4.78 is 7.50. The Balaban J connectivity index is 1.51. The van der Waals surface area contributed by atoms with Gasteiger partial charge < -0.3 is 14.5 Å². The van der Waals surface area contributed by atoms with Crippen molar-refractivity contribution in [2.75, 3.05) is 39.3 Å². The Morgan fingerprint density at radius 1 is 1.18 bits per heavy atom. The summed E-state index contributed by atoms with van der Waals surface area (Å²) in [6.45, 7) is 13.5. The maximum Gasteiger partial charge on any atom is 0.266 e. The summed E-state index contributed by atoms with van der Waals surface area (Å²) >= 11 is 0. The molecule has 2 aliphatic heterocycles. The van der Waals surface area contributed by atoms with Gasteiger partial charge in [0, 0.05) is 44.6 Å². The van der Waals surface area contributed by atoms with Crippen molar-refractivity contribution in [3.63, 3.8) is 0 Å². The summed E-state index contributed by atoms with van der Waals surface area (Å²) in [6, 6.07) is 3.49. The van der Waals surface area contributed by atoms with Crippen LogP contribution in [0.25, 0.3) is 0 Å². The number of rotatable bonds is 4. The summed E-state index contributed by atoms with van der Waals surface area (Å²) in [6.07, 6.45) is 2.20. The molecule has 0 radical (unpaired) electrons. The molecule has 0 N–H and O–H groups in total. The minimum absolute atomic E-state index is 0.0182. The number of carbonyl (C=O) groups excluding carboxylic acids is 1. The molecule has 0 bridgehead atoms. The Hall–Kier alpha value is -1.73. The molecule has 0 saturated carbocycles. The number of aromatic nitrogens is 2. The van der Waals surface area contributed by atoms with E-state index in [0.717, 1.165) is 38.2 Å². The van der Waals surface area contributed by atoms with Crippen LogP contribution in [-0.4, -0.2) is 70.9 Å². The second-order valence-corrected chi connectivity index (χ2v) is 9.19. The zero-order chi connectivity index (χ0) is 20.3. The first-order valence-corrected chi connectivity index (χ1v) is 10.4. The van der Waals surface area contributed by atoms with Crippen LogP contribution in [-0.2, 0) is 21.5 Å². The number of piperidine rings is 1. The van der Waals surface area contributed by atoms with Gasteiger partial charge in [-0.1, -0.05) is 20.8 Å². The van der Waals surface area contributed by atoms with Crippen LogP contribution in [0.15, 0.2) is 16.9 Å². The number of ether oxygens (including phenoxy) is 1. The Bertz CT molecular complexity index is 732. The van der Waals surface area contributed by atoms with Crippen molar-refractivity contribution >= 4 is 5.91 Å². The third kappa shape index (κ3) is 5.41. The van der Waals surface area contributed by atoms with Gasteiger partial charge in [0.25, 0.3) is 5.56 Å². The molecule has 1 aromatic heterocycles. The molecule has 1 amide bonds. The molecule has 7 heteroatoms. The summed E-state index contributed by atoms with van der Waals surface area (Å²) in [5.74, 6) is 0.597. The fourth-order valence-electron chi connectivity index (χ4n) is 3.98.